The molecule has 0 atom stereocenters. The van der Waals surface area contributed by atoms with Gasteiger partial charge in [0, 0.05) is 13.0 Å². The molecule has 154 valence electrons. The fraction of sp³-hybridized carbons (Fsp3) is 0.444. The molecule has 1 heterocycles. The number of thioether (sulfide) groups is 1. The van der Waals surface area contributed by atoms with Crippen LogP contribution in [0.4, 0.5) is 5.69 Å². The van der Waals surface area contributed by atoms with E-state index in [9.17, 15) is 14.4 Å². The zero-order valence-electron chi connectivity index (χ0n) is 15.8. The average Bonchev–Trinajstić information content (AvgIpc) is 3.37. The first kappa shape index (κ1) is 20.8. The summed E-state index contributed by atoms with van der Waals surface area (Å²) in [5.41, 5.74) is 5.78. The quantitative estimate of drug-likeness (QED) is 0.518. The van der Waals surface area contributed by atoms with Crippen LogP contribution in [0.5, 0.6) is 0 Å². The smallest absolute Gasteiger partial charge is 0.253 e. The summed E-state index contributed by atoms with van der Waals surface area (Å²) in [6.45, 7) is 0.135. The van der Waals surface area contributed by atoms with Gasteiger partial charge in [-0.15, -0.1) is 5.10 Å². The molecule has 1 aliphatic carbocycles. The number of carbonyl (C=O) groups is 3. The molecular weight excluding hydrogens is 394 g/mol. The summed E-state index contributed by atoms with van der Waals surface area (Å²) in [5, 5.41) is 17.8. The largest absolute Gasteiger partial charge is 0.370 e. The maximum absolute atomic E-state index is 12.4. The van der Waals surface area contributed by atoms with Gasteiger partial charge in [0.25, 0.3) is 5.91 Å². The van der Waals surface area contributed by atoms with Crippen molar-refractivity contribution in [2.24, 2.45) is 5.73 Å². The molecule has 3 rings (SSSR count). The van der Waals surface area contributed by atoms with Crippen molar-refractivity contribution in [3.8, 4) is 0 Å². The highest BCUT2D eigenvalue weighted by molar-refractivity contribution is 7.99. The van der Waals surface area contributed by atoms with Crippen LogP contribution < -0.4 is 16.4 Å². The van der Waals surface area contributed by atoms with E-state index in [1.807, 2.05) is 0 Å². The molecule has 11 heteroatoms. The fourth-order valence-corrected chi connectivity index (χ4v) is 3.90. The SMILES string of the molecule is NC(=O)CCNC(=O)c1ccccc1NC(=O)CSc1nnnn1C1CCCC1. The summed E-state index contributed by atoms with van der Waals surface area (Å²) in [6, 6.07) is 6.96. The van der Waals surface area contributed by atoms with Gasteiger partial charge in [-0.3, -0.25) is 14.4 Å². The van der Waals surface area contributed by atoms with E-state index in [-0.39, 0.29) is 30.5 Å². The van der Waals surface area contributed by atoms with Crippen LogP contribution >= 0.6 is 11.8 Å². The van der Waals surface area contributed by atoms with Crippen molar-refractivity contribution in [3.05, 3.63) is 29.8 Å². The molecule has 1 aliphatic rings. The Balaban J connectivity index is 1.56. The average molecular weight is 417 g/mol. The first-order chi connectivity index (χ1) is 14.0. The van der Waals surface area contributed by atoms with Gasteiger partial charge < -0.3 is 16.4 Å². The van der Waals surface area contributed by atoms with Crippen molar-refractivity contribution in [3.63, 3.8) is 0 Å². The summed E-state index contributed by atoms with van der Waals surface area (Å²) in [6.07, 6.45) is 4.46. The summed E-state index contributed by atoms with van der Waals surface area (Å²) < 4.78 is 1.80. The van der Waals surface area contributed by atoms with Gasteiger partial charge in [0.05, 0.1) is 23.0 Å². The Bertz CT molecular complexity index is 880. The number of primary amides is 1. The number of tetrazole rings is 1. The minimum Gasteiger partial charge on any atom is -0.370 e. The number of benzene rings is 1. The van der Waals surface area contributed by atoms with Crippen LogP contribution in [0.3, 0.4) is 0 Å². The standard InChI is InChI=1S/C18H23N7O3S/c19-15(26)9-10-20-17(28)13-7-3-4-8-14(13)21-16(27)11-29-18-22-23-24-25(18)12-5-1-2-6-12/h3-4,7-8,12H,1-2,5-6,9-11H2,(H2,19,26)(H,20,28)(H,21,27). The van der Waals surface area contributed by atoms with Gasteiger partial charge in [0.2, 0.25) is 17.0 Å². The van der Waals surface area contributed by atoms with Crippen molar-refractivity contribution < 1.29 is 14.4 Å². The Morgan fingerprint density at radius 2 is 1.97 bits per heavy atom. The highest BCUT2D eigenvalue weighted by Gasteiger charge is 2.22. The number of rotatable bonds is 9. The number of nitrogens with one attached hydrogen (secondary N) is 2. The van der Waals surface area contributed by atoms with E-state index in [0.29, 0.717) is 22.4 Å². The molecule has 0 bridgehead atoms. The van der Waals surface area contributed by atoms with E-state index in [1.54, 1.807) is 28.9 Å². The summed E-state index contributed by atoms with van der Waals surface area (Å²) in [5.74, 6) is -1.04. The lowest BCUT2D eigenvalue weighted by Crippen LogP contribution is -2.29. The van der Waals surface area contributed by atoms with E-state index in [2.05, 4.69) is 26.2 Å². The monoisotopic (exact) mass is 417 g/mol. The van der Waals surface area contributed by atoms with Crippen LogP contribution in [0.1, 0.15) is 48.5 Å². The second-order valence-electron chi connectivity index (χ2n) is 6.70. The number of para-hydroxylation sites is 1. The zero-order valence-corrected chi connectivity index (χ0v) is 16.7. The topological polar surface area (TPSA) is 145 Å². The third-order valence-electron chi connectivity index (χ3n) is 4.57. The summed E-state index contributed by atoms with van der Waals surface area (Å²) in [7, 11) is 0. The third kappa shape index (κ3) is 5.76. The number of hydrogen-bond donors (Lipinski definition) is 3. The molecule has 1 aromatic heterocycles. The van der Waals surface area contributed by atoms with E-state index in [0.717, 1.165) is 25.7 Å². The number of anilines is 1. The van der Waals surface area contributed by atoms with Gasteiger partial charge in [-0.2, -0.15) is 0 Å². The van der Waals surface area contributed by atoms with Gasteiger partial charge in [-0.05, 0) is 35.4 Å². The Kier molecular flexibility index (Phi) is 7.17. The van der Waals surface area contributed by atoms with Crippen LogP contribution in [-0.4, -0.2) is 50.2 Å². The second-order valence-corrected chi connectivity index (χ2v) is 7.64. The van der Waals surface area contributed by atoms with Gasteiger partial charge in [-0.1, -0.05) is 36.7 Å². The molecule has 10 nitrogen and oxygen atoms in total. The van der Waals surface area contributed by atoms with Gasteiger partial charge in [0.15, 0.2) is 0 Å². The van der Waals surface area contributed by atoms with Gasteiger partial charge in [-0.25, -0.2) is 4.68 Å². The molecule has 1 fully saturated rings. The molecular formula is C18H23N7O3S. The highest BCUT2D eigenvalue weighted by atomic mass is 32.2. The summed E-state index contributed by atoms with van der Waals surface area (Å²) in [4.78, 5) is 35.5. The molecule has 0 unspecified atom stereocenters. The zero-order chi connectivity index (χ0) is 20.6. The predicted octanol–water partition coefficient (Wildman–Crippen LogP) is 1.12. The van der Waals surface area contributed by atoms with Crippen molar-refractivity contribution >= 4 is 35.2 Å². The fourth-order valence-electron chi connectivity index (χ4n) is 3.16. The van der Waals surface area contributed by atoms with Crippen molar-refractivity contribution in [2.75, 3.05) is 17.6 Å². The molecule has 0 spiro atoms. The van der Waals surface area contributed by atoms with Crippen LogP contribution in [0.15, 0.2) is 29.4 Å². The molecule has 1 aromatic carbocycles. The third-order valence-corrected chi connectivity index (χ3v) is 5.50. The lowest BCUT2D eigenvalue weighted by Gasteiger charge is -2.12. The normalized spacial score (nSPS) is 13.9. The molecule has 2 aromatic rings. The summed E-state index contributed by atoms with van der Waals surface area (Å²) >= 11 is 1.26. The maximum Gasteiger partial charge on any atom is 0.253 e. The Morgan fingerprint density at radius 1 is 1.21 bits per heavy atom. The van der Waals surface area contributed by atoms with Gasteiger partial charge in [0.1, 0.15) is 0 Å². The number of amides is 3. The van der Waals surface area contributed by atoms with Crippen molar-refractivity contribution in [1.82, 2.24) is 25.5 Å². The number of nitrogens with zero attached hydrogens (tertiary/aromatic N) is 4. The molecule has 0 aliphatic heterocycles. The minimum atomic E-state index is -0.496. The maximum atomic E-state index is 12.4. The molecule has 4 N–H and O–H groups in total. The molecule has 1 saturated carbocycles. The first-order valence-electron chi connectivity index (χ1n) is 9.40. The van der Waals surface area contributed by atoms with Crippen molar-refractivity contribution in [1.29, 1.82) is 0 Å². The Hall–Kier alpha value is -2.95. The molecule has 0 saturated heterocycles. The van der Waals surface area contributed by atoms with E-state index in [1.165, 1.54) is 11.8 Å². The number of nitrogens with two attached hydrogens (primary N) is 1. The second kappa shape index (κ2) is 10.0. The van der Waals surface area contributed by atoms with Crippen LogP contribution in [0.25, 0.3) is 0 Å². The first-order valence-corrected chi connectivity index (χ1v) is 10.4. The molecule has 29 heavy (non-hydrogen) atoms. The predicted molar refractivity (Wildman–Crippen MR) is 107 cm³/mol. The minimum absolute atomic E-state index is 0.0482. The van der Waals surface area contributed by atoms with E-state index >= 15 is 0 Å². The lowest BCUT2D eigenvalue weighted by molar-refractivity contribution is -0.118. The Morgan fingerprint density at radius 3 is 2.72 bits per heavy atom. The Labute approximate surface area is 172 Å². The van der Waals surface area contributed by atoms with Crippen LogP contribution in [0.2, 0.25) is 0 Å². The van der Waals surface area contributed by atoms with E-state index < -0.39 is 5.91 Å². The van der Waals surface area contributed by atoms with E-state index in [4.69, 9.17) is 5.73 Å². The lowest BCUT2D eigenvalue weighted by atomic mass is 10.1. The van der Waals surface area contributed by atoms with Crippen LogP contribution in [0, 0.1) is 0 Å². The highest BCUT2D eigenvalue weighted by Crippen LogP contribution is 2.31. The van der Waals surface area contributed by atoms with Crippen molar-refractivity contribution in [2.45, 2.75) is 43.3 Å². The molecule has 3 amide bonds. The number of carbonyl (C=O) groups excluding carboxylic acids is 3. The van der Waals surface area contributed by atoms with Crippen LogP contribution in [-0.2, 0) is 9.59 Å². The number of hydrogen-bond acceptors (Lipinski definition) is 7. The molecule has 0 radical (unpaired) electrons. The number of aromatic nitrogens is 4. The van der Waals surface area contributed by atoms with Gasteiger partial charge >= 0.3 is 0 Å².